The Morgan fingerprint density at radius 1 is 0.692 bits per heavy atom. The normalized spacial score (nSPS) is 12.1. The highest BCUT2D eigenvalue weighted by atomic mass is 31.2. The Morgan fingerprint density at radius 3 is 1.35 bits per heavy atom. The second kappa shape index (κ2) is 8.14. The summed E-state index contributed by atoms with van der Waals surface area (Å²) in [7, 11) is -1.97. The molecular weight excluding hydrogens is 339 g/mol. The average molecular weight is 365 g/mol. The van der Waals surface area contributed by atoms with Crippen molar-refractivity contribution in [2.45, 2.75) is 19.4 Å². The average Bonchev–Trinajstić information content (AvgIpc) is 2.67. The maximum absolute atomic E-state index is 10.1. The lowest BCUT2D eigenvalue weighted by molar-refractivity contribution is -0.00730. The highest BCUT2D eigenvalue weighted by molar-refractivity contribution is 7.95. The number of rotatable bonds is 7. The Morgan fingerprint density at radius 2 is 1.04 bits per heavy atom. The molecule has 0 spiro atoms. The number of aliphatic hydroxyl groups is 1. The molecule has 2 nitrogen and oxygen atoms in total. The number of benzene rings is 3. The van der Waals surface area contributed by atoms with Crippen molar-refractivity contribution in [3.05, 3.63) is 91.0 Å². The van der Waals surface area contributed by atoms with Crippen molar-refractivity contribution in [2.75, 3.05) is 13.0 Å². The van der Waals surface area contributed by atoms with E-state index < -0.39 is 12.9 Å². The summed E-state index contributed by atoms with van der Waals surface area (Å²) in [6.07, 6.45) is 0.565. The van der Waals surface area contributed by atoms with Gasteiger partial charge in [0.1, 0.15) is 23.2 Å². The summed E-state index contributed by atoms with van der Waals surface area (Å²) >= 11 is 0. The van der Waals surface area contributed by atoms with E-state index in [1.807, 2.05) is 18.2 Å². The molecule has 0 saturated carbocycles. The van der Waals surface area contributed by atoms with Crippen LogP contribution < -0.4 is 15.9 Å². The molecule has 0 aliphatic heterocycles. The molecule has 3 aromatic rings. The second-order valence-corrected chi connectivity index (χ2v) is 10.5. The summed E-state index contributed by atoms with van der Waals surface area (Å²) in [4.78, 5) is 0. The van der Waals surface area contributed by atoms with Gasteiger partial charge in [0.05, 0.1) is 12.2 Å². The summed E-state index contributed by atoms with van der Waals surface area (Å²) < 4.78 is 6.13. The summed E-state index contributed by atoms with van der Waals surface area (Å²) in [5.74, 6) is 0. The first-order chi connectivity index (χ1) is 12.5. The minimum Gasteiger partial charge on any atom is -0.388 e. The number of hydrogen-bond acceptors (Lipinski definition) is 2. The zero-order valence-electron chi connectivity index (χ0n) is 15.4. The summed E-state index contributed by atoms with van der Waals surface area (Å²) in [6, 6.07) is 31.9. The van der Waals surface area contributed by atoms with Gasteiger partial charge in [0.2, 0.25) is 0 Å². The van der Waals surface area contributed by atoms with Crippen molar-refractivity contribution in [1.29, 1.82) is 0 Å². The maximum Gasteiger partial charge on any atom is 0.171 e. The van der Waals surface area contributed by atoms with E-state index in [1.54, 1.807) is 13.8 Å². The quantitative estimate of drug-likeness (QED) is 0.647. The van der Waals surface area contributed by atoms with Crippen LogP contribution in [0.1, 0.15) is 13.8 Å². The van der Waals surface area contributed by atoms with Gasteiger partial charge < -0.3 is 9.84 Å². The lowest BCUT2D eigenvalue weighted by atomic mass is 10.2. The van der Waals surface area contributed by atoms with E-state index in [-0.39, 0.29) is 0 Å². The van der Waals surface area contributed by atoms with Crippen LogP contribution >= 0.6 is 7.26 Å². The summed E-state index contributed by atoms with van der Waals surface area (Å²) in [6.45, 7) is 3.86. The zero-order valence-corrected chi connectivity index (χ0v) is 16.3. The van der Waals surface area contributed by atoms with E-state index in [0.717, 1.165) is 0 Å². The molecule has 1 N–H and O–H groups in total. The van der Waals surface area contributed by atoms with Crippen LogP contribution in [0.2, 0.25) is 0 Å². The molecule has 0 fully saturated rings. The Kier molecular flexibility index (Phi) is 5.88. The number of hydrogen-bond donors (Lipinski definition) is 1. The van der Waals surface area contributed by atoms with E-state index in [0.29, 0.717) is 13.0 Å². The van der Waals surface area contributed by atoms with Gasteiger partial charge in [-0.1, -0.05) is 54.6 Å². The van der Waals surface area contributed by atoms with Gasteiger partial charge in [-0.05, 0) is 50.2 Å². The fourth-order valence-corrected chi connectivity index (χ4v) is 6.90. The van der Waals surface area contributed by atoms with Gasteiger partial charge in [0.25, 0.3) is 0 Å². The Labute approximate surface area is 156 Å². The molecule has 3 rings (SSSR count). The molecule has 0 amide bonds. The van der Waals surface area contributed by atoms with Crippen molar-refractivity contribution in [3.63, 3.8) is 0 Å². The zero-order chi connectivity index (χ0) is 18.5. The maximum atomic E-state index is 10.1. The first-order valence-corrected chi connectivity index (χ1v) is 10.8. The van der Waals surface area contributed by atoms with Crippen LogP contribution in [0.25, 0.3) is 0 Å². The van der Waals surface area contributed by atoms with Crippen LogP contribution in [0, 0.1) is 0 Å². The molecule has 0 saturated heterocycles. The summed E-state index contributed by atoms with van der Waals surface area (Å²) in [5, 5.41) is 14.0. The van der Waals surface area contributed by atoms with E-state index in [2.05, 4.69) is 72.8 Å². The monoisotopic (exact) mass is 365 g/mol. The fourth-order valence-electron chi connectivity index (χ4n) is 3.15. The predicted molar refractivity (Wildman–Crippen MR) is 112 cm³/mol. The highest BCUT2D eigenvalue weighted by Crippen LogP contribution is 2.55. The first kappa shape index (κ1) is 18.8. The molecule has 3 aromatic carbocycles. The largest absolute Gasteiger partial charge is 0.388 e. The fraction of sp³-hybridized carbons (Fsp3) is 0.217. The van der Waals surface area contributed by atoms with Crippen LogP contribution in [0.15, 0.2) is 91.0 Å². The van der Waals surface area contributed by atoms with E-state index in [1.165, 1.54) is 15.9 Å². The summed E-state index contributed by atoms with van der Waals surface area (Å²) in [5.41, 5.74) is -0.847. The Hall–Kier alpha value is -1.99. The molecule has 3 heteroatoms. The third-order valence-corrected chi connectivity index (χ3v) is 8.44. The molecule has 0 heterocycles. The molecule has 26 heavy (non-hydrogen) atoms. The van der Waals surface area contributed by atoms with Gasteiger partial charge in [-0.15, -0.1) is 0 Å². The molecular formula is C23H26O2P+. The van der Waals surface area contributed by atoms with Gasteiger partial charge in [-0.3, -0.25) is 0 Å². The molecule has 0 aliphatic rings. The predicted octanol–water partition coefficient (Wildman–Crippen LogP) is 3.73. The highest BCUT2D eigenvalue weighted by Gasteiger charge is 2.46. The third kappa shape index (κ3) is 4.22. The Balaban J connectivity index is 2.15. The SMILES string of the molecule is CC(C)(O)COC[P+](c1ccccc1)(c1ccccc1)c1ccccc1. The van der Waals surface area contributed by atoms with Gasteiger partial charge in [0.15, 0.2) is 6.35 Å². The van der Waals surface area contributed by atoms with Gasteiger partial charge in [0, 0.05) is 0 Å². The number of ether oxygens (including phenoxy) is 1. The second-order valence-electron chi connectivity index (χ2n) is 7.11. The van der Waals surface area contributed by atoms with Crippen LogP contribution in [0.4, 0.5) is 0 Å². The van der Waals surface area contributed by atoms with Crippen LogP contribution in [0.5, 0.6) is 0 Å². The van der Waals surface area contributed by atoms with Crippen molar-refractivity contribution in [3.8, 4) is 0 Å². The van der Waals surface area contributed by atoms with Crippen molar-refractivity contribution < 1.29 is 9.84 Å². The minimum absolute atomic E-state index is 0.307. The van der Waals surface area contributed by atoms with Gasteiger partial charge >= 0.3 is 0 Å². The van der Waals surface area contributed by atoms with Crippen molar-refractivity contribution in [1.82, 2.24) is 0 Å². The van der Waals surface area contributed by atoms with Crippen LogP contribution in [-0.4, -0.2) is 23.7 Å². The van der Waals surface area contributed by atoms with Gasteiger partial charge in [-0.25, -0.2) is 0 Å². The molecule has 0 aromatic heterocycles. The van der Waals surface area contributed by atoms with Gasteiger partial charge in [-0.2, -0.15) is 0 Å². The molecule has 0 unspecified atom stereocenters. The van der Waals surface area contributed by atoms with E-state index in [9.17, 15) is 5.11 Å². The van der Waals surface area contributed by atoms with Crippen molar-refractivity contribution in [2.24, 2.45) is 0 Å². The third-order valence-electron chi connectivity index (χ3n) is 4.33. The first-order valence-electron chi connectivity index (χ1n) is 8.87. The van der Waals surface area contributed by atoms with Crippen LogP contribution in [0.3, 0.4) is 0 Å². The minimum atomic E-state index is -1.97. The smallest absolute Gasteiger partial charge is 0.171 e. The van der Waals surface area contributed by atoms with Crippen molar-refractivity contribution >= 4 is 23.2 Å². The molecule has 0 atom stereocenters. The molecule has 134 valence electrons. The topological polar surface area (TPSA) is 29.5 Å². The lowest BCUT2D eigenvalue weighted by Crippen LogP contribution is -2.36. The molecule has 0 radical (unpaired) electrons. The van der Waals surface area contributed by atoms with E-state index in [4.69, 9.17) is 4.74 Å². The lowest BCUT2D eigenvalue weighted by Gasteiger charge is -2.28. The molecule has 0 aliphatic carbocycles. The Bertz CT molecular complexity index is 699. The standard InChI is InChI=1S/C23H26O2P/c1-23(2,24)18-25-19-26(20-12-6-3-7-13-20,21-14-8-4-9-15-21)22-16-10-5-11-17-22/h3-17,24H,18-19H2,1-2H3/q+1. The molecule has 0 bridgehead atoms. The van der Waals surface area contributed by atoms with E-state index >= 15 is 0 Å². The van der Waals surface area contributed by atoms with Crippen LogP contribution in [-0.2, 0) is 4.74 Å².